The first kappa shape index (κ1) is 18.8. The lowest BCUT2D eigenvalue weighted by Crippen LogP contribution is -2.61. The monoisotopic (exact) mass is 411 g/mol. The summed E-state index contributed by atoms with van der Waals surface area (Å²) >= 11 is 12.1. The molecule has 0 amide bonds. The Bertz CT molecular complexity index is 764. The number of carboxylic acid groups (broad SMARTS) is 1. The number of hydrogen-bond acceptors (Lipinski definition) is 5. The highest BCUT2D eigenvalue weighted by molar-refractivity contribution is 6.34. The van der Waals surface area contributed by atoms with Crippen molar-refractivity contribution in [2.24, 2.45) is 10.6 Å². The Balaban J connectivity index is 1.29. The van der Waals surface area contributed by atoms with Gasteiger partial charge in [-0.2, -0.15) is 0 Å². The fraction of sp³-hybridized carbons (Fsp3) is 0.579. The number of hydrogen-bond donors (Lipinski definition) is 1. The van der Waals surface area contributed by atoms with Gasteiger partial charge in [-0.15, -0.1) is 0 Å². The van der Waals surface area contributed by atoms with Crippen molar-refractivity contribution in [1.82, 2.24) is 9.80 Å². The quantitative estimate of drug-likeness (QED) is 0.824. The maximum Gasteiger partial charge on any atom is 0.309 e. The van der Waals surface area contributed by atoms with E-state index in [-0.39, 0.29) is 5.60 Å². The van der Waals surface area contributed by atoms with Crippen molar-refractivity contribution in [3.05, 3.63) is 33.8 Å². The number of benzene rings is 1. The van der Waals surface area contributed by atoms with Gasteiger partial charge in [0, 0.05) is 42.8 Å². The molecule has 0 radical (unpaired) electrons. The SMILES string of the molecule is CC1(C(=O)O)CCN(C2=NOC3(C2)CN(Cc2cc(Cl)cc(Cl)c2)C3)CC1. The van der Waals surface area contributed by atoms with Gasteiger partial charge in [0.15, 0.2) is 5.60 Å². The average Bonchev–Trinajstić information content (AvgIpc) is 2.99. The second kappa shape index (κ2) is 6.83. The summed E-state index contributed by atoms with van der Waals surface area (Å²) in [6.45, 7) is 5.65. The summed E-state index contributed by atoms with van der Waals surface area (Å²) in [4.78, 5) is 21.7. The summed E-state index contributed by atoms with van der Waals surface area (Å²) in [5, 5.41) is 15.0. The van der Waals surface area contributed by atoms with Crippen LogP contribution in [-0.2, 0) is 16.2 Å². The molecule has 3 aliphatic rings. The van der Waals surface area contributed by atoms with Crippen LogP contribution >= 0.6 is 23.2 Å². The summed E-state index contributed by atoms with van der Waals surface area (Å²) in [6, 6.07) is 5.60. The minimum absolute atomic E-state index is 0.245. The molecule has 3 heterocycles. The fourth-order valence-electron chi connectivity index (χ4n) is 4.15. The van der Waals surface area contributed by atoms with Crippen LogP contribution in [0.25, 0.3) is 0 Å². The van der Waals surface area contributed by atoms with E-state index in [1.54, 1.807) is 6.07 Å². The Hall–Kier alpha value is -1.50. The van der Waals surface area contributed by atoms with Crippen LogP contribution in [0.15, 0.2) is 23.4 Å². The van der Waals surface area contributed by atoms with Crippen LogP contribution in [0.2, 0.25) is 10.0 Å². The second-order valence-electron chi connectivity index (χ2n) is 8.23. The fourth-order valence-corrected chi connectivity index (χ4v) is 4.73. The summed E-state index contributed by atoms with van der Waals surface area (Å²) in [5.41, 5.74) is 0.218. The molecule has 0 bridgehead atoms. The molecule has 27 heavy (non-hydrogen) atoms. The normalized spacial score (nSPS) is 23.7. The first-order valence-electron chi connectivity index (χ1n) is 9.18. The van der Waals surface area contributed by atoms with Crippen LogP contribution in [0, 0.1) is 5.41 Å². The Morgan fingerprint density at radius 3 is 2.44 bits per heavy atom. The van der Waals surface area contributed by atoms with Gasteiger partial charge >= 0.3 is 5.97 Å². The summed E-state index contributed by atoms with van der Waals surface area (Å²) in [5.74, 6) is 0.242. The van der Waals surface area contributed by atoms with Gasteiger partial charge in [0.05, 0.1) is 11.8 Å². The minimum atomic E-state index is -0.709. The molecule has 3 aliphatic heterocycles. The first-order chi connectivity index (χ1) is 12.8. The van der Waals surface area contributed by atoms with Gasteiger partial charge in [0.2, 0.25) is 0 Å². The summed E-state index contributed by atoms with van der Waals surface area (Å²) in [6.07, 6.45) is 2.05. The number of amidine groups is 1. The van der Waals surface area contributed by atoms with E-state index in [1.165, 1.54) is 0 Å². The predicted octanol–water partition coefficient (Wildman–Crippen LogP) is 3.47. The highest BCUT2D eigenvalue weighted by Gasteiger charge is 2.51. The Morgan fingerprint density at radius 1 is 1.22 bits per heavy atom. The molecule has 2 fully saturated rings. The van der Waals surface area contributed by atoms with E-state index in [1.807, 2.05) is 19.1 Å². The third-order valence-corrected chi connectivity index (χ3v) is 6.36. The van der Waals surface area contributed by atoms with Crippen LogP contribution in [0.1, 0.15) is 31.7 Å². The third-order valence-electron chi connectivity index (χ3n) is 5.93. The highest BCUT2D eigenvalue weighted by atomic mass is 35.5. The molecule has 146 valence electrons. The van der Waals surface area contributed by atoms with Crippen LogP contribution < -0.4 is 0 Å². The number of halogens is 2. The average molecular weight is 412 g/mol. The van der Waals surface area contributed by atoms with Crippen molar-refractivity contribution in [3.63, 3.8) is 0 Å². The zero-order chi connectivity index (χ0) is 19.2. The minimum Gasteiger partial charge on any atom is -0.481 e. The molecule has 6 nitrogen and oxygen atoms in total. The van der Waals surface area contributed by atoms with Crippen molar-refractivity contribution in [2.75, 3.05) is 26.2 Å². The molecule has 4 rings (SSSR count). The molecule has 0 atom stereocenters. The Labute approximate surface area is 168 Å². The van der Waals surface area contributed by atoms with Crippen molar-refractivity contribution < 1.29 is 14.7 Å². The van der Waals surface area contributed by atoms with Crippen LogP contribution in [0.4, 0.5) is 0 Å². The van der Waals surface area contributed by atoms with E-state index in [0.29, 0.717) is 36.0 Å². The summed E-state index contributed by atoms with van der Waals surface area (Å²) in [7, 11) is 0. The zero-order valence-corrected chi connectivity index (χ0v) is 16.8. The maximum atomic E-state index is 11.4. The second-order valence-corrected chi connectivity index (χ2v) is 9.11. The molecule has 2 saturated heterocycles. The maximum absolute atomic E-state index is 11.4. The van der Waals surface area contributed by atoms with Gasteiger partial charge < -0.3 is 14.8 Å². The van der Waals surface area contributed by atoms with E-state index in [4.69, 9.17) is 28.0 Å². The number of carboxylic acids is 1. The lowest BCUT2D eigenvalue weighted by molar-refractivity contribution is -0.150. The molecule has 8 heteroatoms. The lowest BCUT2D eigenvalue weighted by Gasteiger charge is -2.45. The van der Waals surface area contributed by atoms with E-state index >= 15 is 0 Å². The van der Waals surface area contributed by atoms with E-state index in [2.05, 4.69) is 15.0 Å². The number of oxime groups is 1. The first-order valence-corrected chi connectivity index (χ1v) is 9.93. The molecule has 1 aromatic rings. The summed E-state index contributed by atoms with van der Waals surface area (Å²) < 4.78 is 0. The molecule has 1 N–H and O–H groups in total. The molecular weight excluding hydrogens is 389 g/mol. The van der Waals surface area contributed by atoms with Gasteiger partial charge in [-0.05, 0) is 43.5 Å². The van der Waals surface area contributed by atoms with Crippen LogP contribution in [0.3, 0.4) is 0 Å². The predicted molar refractivity (Wildman–Crippen MR) is 104 cm³/mol. The molecular formula is C19H23Cl2N3O3. The number of rotatable bonds is 3. The highest BCUT2D eigenvalue weighted by Crippen LogP contribution is 2.38. The number of carbonyl (C=O) groups is 1. The van der Waals surface area contributed by atoms with Gasteiger partial charge in [0.1, 0.15) is 5.84 Å². The van der Waals surface area contributed by atoms with Crippen molar-refractivity contribution in [2.45, 2.75) is 38.3 Å². The van der Waals surface area contributed by atoms with Gasteiger partial charge in [-0.3, -0.25) is 9.69 Å². The van der Waals surface area contributed by atoms with E-state index in [9.17, 15) is 9.90 Å². The zero-order valence-electron chi connectivity index (χ0n) is 15.3. The molecule has 0 saturated carbocycles. The molecule has 0 unspecified atom stereocenters. The standard InChI is InChI=1S/C19H23Cl2N3O3/c1-18(17(25)26)2-4-24(5-3-18)16-9-19(27-22-16)11-23(12-19)10-13-6-14(20)8-15(21)7-13/h6-8H,2-5,9-12H2,1H3,(H,25,26). The number of aliphatic carboxylic acids is 1. The number of likely N-dealkylation sites (tertiary alicyclic amines) is 2. The molecule has 0 aliphatic carbocycles. The third kappa shape index (κ3) is 3.75. The van der Waals surface area contributed by atoms with Gasteiger partial charge in [0.25, 0.3) is 0 Å². The van der Waals surface area contributed by atoms with Crippen molar-refractivity contribution in [3.8, 4) is 0 Å². The van der Waals surface area contributed by atoms with Crippen molar-refractivity contribution in [1.29, 1.82) is 0 Å². The topological polar surface area (TPSA) is 65.4 Å². The van der Waals surface area contributed by atoms with E-state index < -0.39 is 11.4 Å². The smallest absolute Gasteiger partial charge is 0.309 e. The van der Waals surface area contributed by atoms with Crippen LogP contribution in [-0.4, -0.2) is 58.5 Å². The molecule has 0 aromatic heterocycles. The van der Waals surface area contributed by atoms with Gasteiger partial charge in [-0.1, -0.05) is 28.4 Å². The van der Waals surface area contributed by atoms with Crippen LogP contribution in [0.5, 0.6) is 0 Å². The largest absolute Gasteiger partial charge is 0.481 e. The Morgan fingerprint density at radius 2 is 1.85 bits per heavy atom. The van der Waals surface area contributed by atoms with Gasteiger partial charge in [-0.25, -0.2) is 0 Å². The number of nitrogens with zero attached hydrogens (tertiary/aromatic N) is 3. The lowest BCUT2D eigenvalue weighted by atomic mass is 9.80. The molecule has 1 aromatic carbocycles. The Kier molecular flexibility index (Phi) is 4.77. The number of piperidine rings is 1. The molecule has 1 spiro atoms. The van der Waals surface area contributed by atoms with Crippen molar-refractivity contribution >= 4 is 35.0 Å². The van der Waals surface area contributed by atoms with E-state index in [0.717, 1.165) is 37.5 Å².